The van der Waals surface area contributed by atoms with E-state index >= 15 is 0 Å². The lowest BCUT2D eigenvalue weighted by Gasteiger charge is -2.19. The molecule has 0 bridgehead atoms. The number of hydrogen-bond acceptors (Lipinski definition) is 5. The van der Waals surface area contributed by atoms with E-state index in [2.05, 4.69) is 6.07 Å². The fraction of sp³-hybridized carbons (Fsp3) is 0.412. The normalized spacial score (nSPS) is 18.7. The maximum Gasteiger partial charge on any atom is 0.326 e. The fourth-order valence-corrected chi connectivity index (χ4v) is 3.15. The number of hydrogen-bond donors (Lipinski definition) is 0. The molecule has 0 spiro atoms. The van der Waals surface area contributed by atoms with E-state index in [-0.39, 0.29) is 25.0 Å². The first-order valence-electron chi connectivity index (χ1n) is 7.63. The zero-order valence-electron chi connectivity index (χ0n) is 12.6. The van der Waals surface area contributed by atoms with Crippen molar-refractivity contribution in [2.75, 3.05) is 13.2 Å². The van der Waals surface area contributed by atoms with E-state index in [0.717, 1.165) is 17.7 Å². The van der Waals surface area contributed by atoms with Crippen LogP contribution in [-0.2, 0) is 9.53 Å². The molecule has 0 aromatic heterocycles. The third-order valence-corrected chi connectivity index (χ3v) is 4.49. The molecule has 118 valence electrons. The Labute approximate surface area is 133 Å². The van der Waals surface area contributed by atoms with Gasteiger partial charge in [-0.3, -0.25) is 19.3 Å². The Morgan fingerprint density at radius 1 is 1.17 bits per heavy atom. The molecule has 23 heavy (non-hydrogen) atoms. The van der Waals surface area contributed by atoms with Crippen molar-refractivity contribution in [2.24, 2.45) is 5.41 Å². The van der Waals surface area contributed by atoms with Gasteiger partial charge in [-0.2, -0.15) is 5.26 Å². The molecule has 0 atom stereocenters. The number of carbonyl (C=O) groups is 3. The smallest absolute Gasteiger partial charge is 0.326 e. The highest BCUT2D eigenvalue weighted by molar-refractivity contribution is 6.21. The molecule has 1 saturated carbocycles. The second-order valence-electron chi connectivity index (χ2n) is 5.84. The minimum Gasteiger partial charge on any atom is -0.463 e. The number of fused-ring (bicyclic) bond motifs is 1. The molecule has 3 rings (SSSR count). The summed E-state index contributed by atoms with van der Waals surface area (Å²) in [5, 5.41) is 9.23. The minimum absolute atomic E-state index is 0.000402. The number of benzene rings is 1. The van der Waals surface area contributed by atoms with Gasteiger partial charge in [0.1, 0.15) is 6.61 Å². The number of imide groups is 1. The van der Waals surface area contributed by atoms with E-state index in [1.807, 2.05) is 0 Å². The van der Waals surface area contributed by atoms with Crippen molar-refractivity contribution in [1.29, 1.82) is 5.26 Å². The van der Waals surface area contributed by atoms with Gasteiger partial charge in [0.2, 0.25) is 0 Å². The molecule has 2 aliphatic rings. The summed E-state index contributed by atoms with van der Waals surface area (Å²) in [6, 6.07) is 8.67. The largest absolute Gasteiger partial charge is 0.463 e. The van der Waals surface area contributed by atoms with Crippen LogP contribution < -0.4 is 0 Å². The van der Waals surface area contributed by atoms with Gasteiger partial charge in [0.15, 0.2) is 5.41 Å². The van der Waals surface area contributed by atoms with Crippen LogP contribution in [0.3, 0.4) is 0 Å². The Morgan fingerprint density at radius 2 is 1.74 bits per heavy atom. The quantitative estimate of drug-likeness (QED) is 0.626. The maximum absolute atomic E-state index is 12.2. The third kappa shape index (κ3) is 2.48. The fourth-order valence-electron chi connectivity index (χ4n) is 3.15. The lowest BCUT2D eigenvalue weighted by Crippen LogP contribution is -2.35. The Morgan fingerprint density at radius 3 is 2.26 bits per heavy atom. The van der Waals surface area contributed by atoms with E-state index in [9.17, 15) is 19.6 Å². The Hall–Kier alpha value is -2.68. The number of nitrogens with zero attached hydrogens (tertiary/aromatic N) is 2. The number of ether oxygens (including phenoxy) is 1. The second kappa shape index (κ2) is 5.84. The molecule has 1 heterocycles. The monoisotopic (exact) mass is 312 g/mol. The van der Waals surface area contributed by atoms with Crippen LogP contribution in [-0.4, -0.2) is 35.8 Å². The van der Waals surface area contributed by atoms with Gasteiger partial charge in [-0.05, 0) is 25.0 Å². The lowest BCUT2D eigenvalue weighted by atomic mass is 9.88. The SMILES string of the molecule is N#CC1(C(=O)OCCN2C(=O)c3ccccc3C2=O)CCCC1. The molecular formula is C17H16N2O4. The van der Waals surface area contributed by atoms with Crippen LogP contribution in [0.15, 0.2) is 24.3 Å². The number of nitriles is 1. The van der Waals surface area contributed by atoms with Crippen LogP contribution in [0.5, 0.6) is 0 Å². The summed E-state index contributed by atoms with van der Waals surface area (Å²) in [7, 11) is 0. The van der Waals surface area contributed by atoms with Crippen LogP contribution in [0, 0.1) is 16.7 Å². The van der Waals surface area contributed by atoms with E-state index in [1.54, 1.807) is 24.3 Å². The third-order valence-electron chi connectivity index (χ3n) is 4.49. The van der Waals surface area contributed by atoms with E-state index in [4.69, 9.17) is 4.74 Å². The number of rotatable bonds is 4. The molecule has 1 aliphatic carbocycles. The standard InChI is InChI=1S/C17H16N2O4/c18-11-17(7-3-4-8-17)16(22)23-10-9-19-14(20)12-5-1-2-6-13(12)15(19)21/h1-2,5-6H,3-4,7-10H2. The summed E-state index contributed by atoms with van der Waals surface area (Å²) in [6.07, 6.45) is 2.69. The van der Waals surface area contributed by atoms with Crippen LogP contribution in [0.25, 0.3) is 0 Å². The van der Waals surface area contributed by atoms with E-state index in [0.29, 0.717) is 24.0 Å². The van der Waals surface area contributed by atoms with Gasteiger partial charge in [0, 0.05) is 0 Å². The molecule has 2 amide bonds. The molecule has 0 N–H and O–H groups in total. The highest BCUT2D eigenvalue weighted by Crippen LogP contribution is 2.38. The molecule has 1 aliphatic heterocycles. The van der Waals surface area contributed by atoms with Crippen molar-refractivity contribution in [2.45, 2.75) is 25.7 Å². The summed E-state index contributed by atoms with van der Waals surface area (Å²) in [5.41, 5.74) is -0.316. The lowest BCUT2D eigenvalue weighted by molar-refractivity contribution is -0.152. The first-order chi connectivity index (χ1) is 11.1. The van der Waals surface area contributed by atoms with Gasteiger partial charge in [-0.1, -0.05) is 25.0 Å². The highest BCUT2D eigenvalue weighted by atomic mass is 16.5. The summed E-state index contributed by atoms with van der Waals surface area (Å²) >= 11 is 0. The molecular weight excluding hydrogens is 296 g/mol. The molecule has 0 radical (unpaired) electrons. The predicted molar refractivity (Wildman–Crippen MR) is 79.3 cm³/mol. The van der Waals surface area contributed by atoms with Crippen molar-refractivity contribution in [3.63, 3.8) is 0 Å². The van der Waals surface area contributed by atoms with Gasteiger partial charge < -0.3 is 4.74 Å². The van der Waals surface area contributed by atoms with Crippen molar-refractivity contribution in [1.82, 2.24) is 4.90 Å². The Balaban J connectivity index is 1.60. The second-order valence-corrected chi connectivity index (χ2v) is 5.84. The highest BCUT2D eigenvalue weighted by Gasteiger charge is 2.43. The summed E-state index contributed by atoms with van der Waals surface area (Å²) < 4.78 is 5.17. The number of carbonyl (C=O) groups excluding carboxylic acids is 3. The van der Waals surface area contributed by atoms with Gasteiger partial charge in [0.05, 0.1) is 23.7 Å². The van der Waals surface area contributed by atoms with Crippen LogP contribution in [0.2, 0.25) is 0 Å². The molecule has 0 unspecified atom stereocenters. The Kier molecular flexibility index (Phi) is 3.87. The van der Waals surface area contributed by atoms with Crippen molar-refractivity contribution >= 4 is 17.8 Å². The minimum atomic E-state index is -1.05. The summed E-state index contributed by atoms with van der Waals surface area (Å²) in [4.78, 5) is 37.5. The van der Waals surface area contributed by atoms with Gasteiger partial charge in [-0.15, -0.1) is 0 Å². The first-order valence-corrected chi connectivity index (χ1v) is 7.63. The predicted octanol–water partition coefficient (Wildman–Crippen LogP) is 1.91. The molecule has 1 aromatic rings. The first kappa shape index (κ1) is 15.2. The van der Waals surface area contributed by atoms with Crippen LogP contribution in [0.1, 0.15) is 46.4 Å². The zero-order valence-corrected chi connectivity index (χ0v) is 12.6. The molecule has 6 nitrogen and oxygen atoms in total. The Bertz CT molecular complexity index is 679. The number of esters is 1. The zero-order chi connectivity index (χ0) is 16.4. The topological polar surface area (TPSA) is 87.5 Å². The maximum atomic E-state index is 12.2. The molecule has 1 fully saturated rings. The van der Waals surface area contributed by atoms with Crippen molar-refractivity contribution in [3.05, 3.63) is 35.4 Å². The van der Waals surface area contributed by atoms with Crippen LogP contribution in [0.4, 0.5) is 0 Å². The van der Waals surface area contributed by atoms with Gasteiger partial charge in [0.25, 0.3) is 11.8 Å². The molecule has 1 aromatic carbocycles. The van der Waals surface area contributed by atoms with Crippen molar-refractivity contribution in [3.8, 4) is 6.07 Å². The van der Waals surface area contributed by atoms with Gasteiger partial charge >= 0.3 is 5.97 Å². The average Bonchev–Trinajstić information content (AvgIpc) is 3.15. The summed E-state index contributed by atoms with van der Waals surface area (Å²) in [5.74, 6) is -1.30. The summed E-state index contributed by atoms with van der Waals surface area (Å²) in [6.45, 7) is -0.0900. The van der Waals surface area contributed by atoms with E-state index in [1.165, 1.54) is 0 Å². The average molecular weight is 312 g/mol. The van der Waals surface area contributed by atoms with E-state index < -0.39 is 11.4 Å². The van der Waals surface area contributed by atoms with Gasteiger partial charge in [-0.25, -0.2) is 0 Å². The molecule has 6 heteroatoms. The van der Waals surface area contributed by atoms with Crippen molar-refractivity contribution < 1.29 is 19.1 Å². The van der Waals surface area contributed by atoms with Crippen LogP contribution >= 0.6 is 0 Å². The molecule has 0 saturated heterocycles. The number of amides is 2.